The highest BCUT2D eigenvalue weighted by Gasteiger charge is 2.25. The van der Waals surface area contributed by atoms with E-state index in [0.29, 0.717) is 36.7 Å². The number of rotatable bonds is 6. The van der Waals surface area contributed by atoms with Crippen LogP contribution >= 0.6 is 11.8 Å². The van der Waals surface area contributed by atoms with Crippen molar-refractivity contribution in [2.24, 2.45) is 0 Å². The molecule has 6 nitrogen and oxygen atoms in total. The van der Waals surface area contributed by atoms with Crippen molar-refractivity contribution in [3.8, 4) is 0 Å². The van der Waals surface area contributed by atoms with Gasteiger partial charge in [-0.15, -0.1) is 11.8 Å². The molecule has 1 aromatic heterocycles. The van der Waals surface area contributed by atoms with Crippen molar-refractivity contribution in [3.05, 3.63) is 83.3 Å². The van der Waals surface area contributed by atoms with Crippen LogP contribution in [0.5, 0.6) is 0 Å². The molecule has 0 bridgehead atoms. The van der Waals surface area contributed by atoms with Crippen LogP contribution in [-0.4, -0.2) is 31.4 Å². The number of amides is 1. The van der Waals surface area contributed by atoms with E-state index in [1.54, 1.807) is 11.8 Å². The largest absolute Gasteiger partial charge is 0.459 e. The molecule has 3 aromatic rings. The van der Waals surface area contributed by atoms with E-state index in [9.17, 15) is 13.2 Å². The molecule has 1 aliphatic heterocycles. The molecule has 0 radical (unpaired) electrons. The fraction of sp³-hybridized carbons (Fsp3) is 0.227. The molecule has 0 spiro atoms. The number of sulfonamides is 1. The lowest BCUT2D eigenvalue weighted by Gasteiger charge is -2.28. The maximum atomic E-state index is 12.9. The molecule has 1 N–H and O–H groups in total. The van der Waals surface area contributed by atoms with Gasteiger partial charge >= 0.3 is 0 Å². The standard InChI is InChI=1S/C22H22N2O4S2/c1-30(26,27)24-12-10-19-16(14-24)6-5-9-20(19)23-22(25)21-17(11-13-28-21)15-29-18-7-3-2-4-8-18/h2-9,11,13H,10,12,14-15H2,1H3,(H,23,25). The minimum atomic E-state index is -3.25. The van der Waals surface area contributed by atoms with Gasteiger partial charge < -0.3 is 9.73 Å². The maximum Gasteiger partial charge on any atom is 0.291 e. The molecule has 0 saturated heterocycles. The third-order valence-electron chi connectivity index (χ3n) is 5.04. The zero-order valence-electron chi connectivity index (χ0n) is 16.5. The predicted octanol–water partition coefficient (Wildman–Crippen LogP) is 4.14. The van der Waals surface area contributed by atoms with Gasteiger partial charge in [0.25, 0.3) is 5.91 Å². The molecule has 156 valence electrons. The first-order valence-electron chi connectivity index (χ1n) is 9.53. The summed E-state index contributed by atoms with van der Waals surface area (Å²) in [5.41, 5.74) is 3.40. The molecule has 1 amide bonds. The van der Waals surface area contributed by atoms with Crippen LogP contribution in [0.15, 0.2) is 70.2 Å². The van der Waals surface area contributed by atoms with Gasteiger partial charge in [0.1, 0.15) is 0 Å². The molecule has 1 aliphatic rings. The summed E-state index contributed by atoms with van der Waals surface area (Å²) < 4.78 is 30.6. The van der Waals surface area contributed by atoms with E-state index in [4.69, 9.17) is 4.42 Å². The Hall–Kier alpha value is -2.55. The van der Waals surface area contributed by atoms with Gasteiger partial charge in [0.15, 0.2) is 5.76 Å². The van der Waals surface area contributed by atoms with Gasteiger partial charge in [-0.1, -0.05) is 30.3 Å². The minimum Gasteiger partial charge on any atom is -0.459 e. The summed E-state index contributed by atoms with van der Waals surface area (Å²) in [5.74, 6) is 0.617. The lowest BCUT2D eigenvalue weighted by atomic mass is 9.99. The number of thioether (sulfide) groups is 1. The number of carbonyl (C=O) groups excluding carboxylic acids is 1. The van der Waals surface area contributed by atoms with E-state index in [0.717, 1.165) is 21.6 Å². The number of nitrogens with one attached hydrogen (secondary N) is 1. The highest BCUT2D eigenvalue weighted by Crippen LogP contribution is 2.29. The molecule has 30 heavy (non-hydrogen) atoms. The lowest BCUT2D eigenvalue weighted by molar-refractivity contribution is 0.0995. The van der Waals surface area contributed by atoms with Crippen molar-refractivity contribution in [2.75, 3.05) is 18.1 Å². The summed E-state index contributed by atoms with van der Waals surface area (Å²) >= 11 is 1.64. The first kappa shape index (κ1) is 20.7. The first-order chi connectivity index (χ1) is 14.4. The second-order valence-corrected chi connectivity index (χ2v) is 10.2. The molecule has 2 aromatic carbocycles. The van der Waals surface area contributed by atoms with E-state index >= 15 is 0 Å². The van der Waals surface area contributed by atoms with Crippen LogP contribution in [-0.2, 0) is 28.7 Å². The molecule has 8 heteroatoms. The second-order valence-electron chi connectivity index (χ2n) is 7.12. The first-order valence-corrected chi connectivity index (χ1v) is 12.4. The predicted molar refractivity (Wildman–Crippen MR) is 118 cm³/mol. The SMILES string of the molecule is CS(=O)(=O)N1CCc2c(cccc2NC(=O)c2occc2CSc2ccccc2)C1. The summed E-state index contributed by atoms with van der Waals surface area (Å²) in [6, 6.07) is 17.4. The van der Waals surface area contributed by atoms with Gasteiger partial charge in [-0.25, -0.2) is 8.42 Å². The van der Waals surface area contributed by atoms with Crippen LogP contribution in [0.1, 0.15) is 27.2 Å². The van der Waals surface area contributed by atoms with E-state index in [2.05, 4.69) is 5.32 Å². The van der Waals surface area contributed by atoms with Crippen molar-refractivity contribution in [3.63, 3.8) is 0 Å². The topological polar surface area (TPSA) is 79.6 Å². The number of hydrogen-bond acceptors (Lipinski definition) is 5. The molecule has 0 fully saturated rings. The van der Waals surface area contributed by atoms with E-state index in [-0.39, 0.29) is 5.91 Å². The van der Waals surface area contributed by atoms with Gasteiger partial charge in [-0.3, -0.25) is 4.79 Å². The van der Waals surface area contributed by atoms with E-state index < -0.39 is 10.0 Å². The van der Waals surface area contributed by atoms with Crippen LogP contribution in [0.25, 0.3) is 0 Å². The Balaban J connectivity index is 1.49. The number of fused-ring (bicyclic) bond motifs is 1. The number of hydrogen-bond donors (Lipinski definition) is 1. The fourth-order valence-corrected chi connectivity index (χ4v) is 5.18. The summed E-state index contributed by atoms with van der Waals surface area (Å²) in [4.78, 5) is 14.0. The Morgan fingerprint density at radius 3 is 2.70 bits per heavy atom. The van der Waals surface area contributed by atoms with E-state index in [1.807, 2.05) is 54.6 Å². The maximum absolute atomic E-state index is 12.9. The van der Waals surface area contributed by atoms with E-state index in [1.165, 1.54) is 16.8 Å². The van der Waals surface area contributed by atoms with Gasteiger partial charge in [-0.2, -0.15) is 4.31 Å². The molecular formula is C22H22N2O4S2. The molecule has 0 unspecified atom stereocenters. The van der Waals surface area contributed by atoms with Crippen LogP contribution in [0.3, 0.4) is 0 Å². The normalized spacial score (nSPS) is 14.3. The Bertz CT molecular complexity index is 1160. The summed E-state index contributed by atoms with van der Waals surface area (Å²) in [7, 11) is -3.25. The van der Waals surface area contributed by atoms with Crippen molar-refractivity contribution in [2.45, 2.75) is 23.6 Å². The average Bonchev–Trinajstić information content (AvgIpc) is 3.21. The van der Waals surface area contributed by atoms with Gasteiger partial charge in [0.2, 0.25) is 10.0 Å². The van der Waals surface area contributed by atoms with Crippen molar-refractivity contribution >= 4 is 33.4 Å². The summed E-state index contributed by atoms with van der Waals surface area (Å²) in [5, 5.41) is 2.95. The number of carbonyl (C=O) groups is 1. The quantitative estimate of drug-likeness (QED) is 0.581. The average molecular weight is 443 g/mol. The number of anilines is 1. The Kier molecular flexibility index (Phi) is 5.99. The third kappa shape index (κ3) is 4.61. The highest BCUT2D eigenvalue weighted by molar-refractivity contribution is 7.98. The van der Waals surface area contributed by atoms with Crippen LogP contribution in [0, 0.1) is 0 Å². The highest BCUT2D eigenvalue weighted by atomic mass is 32.2. The van der Waals surface area contributed by atoms with Crippen molar-refractivity contribution in [1.29, 1.82) is 0 Å². The van der Waals surface area contributed by atoms with Crippen LogP contribution < -0.4 is 5.32 Å². The monoisotopic (exact) mass is 442 g/mol. The lowest BCUT2D eigenvalue weighted by Crippen LogP contribution is -2.35. The van der Waals surface area contributed by atoms with Gasteiger partial charge in [0, 0.05) is 35.0 Å². The third-order valence-corrected chi connectivity index (χ3v) is 7.35. The number of furan rings is 1. The molecule has 0 aliphatic carbocycles. The smallest absolute Gasteiger partial charge is 0.291 e. The summed E-state index contributed by atoms with van der Waals surface area (Å²) in [6.45, 7) is 0.718. The summed E-state index contributed by atoms with van der Waals surface area (Å²) in [6.07, 6.45) is 3.30. The zero-order valence-corrected chi connectivity index (χ0v) is 18.1. The zero-order chi connectivity index (χ0) is 21.1. The number of nitrogens with zero attached hydrogens (tertiary/aromatic N) is 1. The molecular weight excluding hydrogens is 420 g/mol. The second kappa shape index (κ2) is 8.67. The van der Waals surface area contributed by atoms with Crippen LogP contribution in [0.4, 0.5) is 5.69 Å². The Morgan fingerprint density at radius 1 is 1.13 bits per heavy atom. The molecule has 2 heterocycles. The fourth-order valence-electron chi connectivity index (χ4n) is 3.49. The van der Waals surface area contributed by atoms with Gasteiger partial charge in [-0.05, 0) is 41.8 Å². The van der Waals surface area contributed by atoms with Gasteiger partial charge in [0.05, 0.1) is 12.5 Å². The van der Waals surface area contributed by atoms with Crippen LogP contribution in [0.2, 0.25) is 0 Å². The Labute approximate surface area is 180 Å². The Morgan fingerprint density at radius 2 is 1.93 bits per heavy atom. The van der Waals surface area contributed by atoms with Crippen molar-refractivity contribution in [1.82, 2.24) is 4.31 Å². The number of benzene rings is 2. The minimum absolute atomic E-state index is 0.296. The van der Waals surface area contributed by atoms with Crippen molar-refractivity contribution < 1.29 is 17.6 Å². The molecule has 0 saturated carbocycles. The molecule has 0 atom stereocenters. The molecule has 4 rings (SSSR count).